The topological polar surface area (TPSA) is 79.1 Å². The van der Waals surface area contributed by atoms with E-state index in [4.69, 9.17) is 9.47 Å². The number of ether oxygens (including phenoxy) is 2. The normalized spacial score (nSPS) is 29.3. The first-order chi connectivity index (χ1) is 15.8. The summed E-state index contributed by atoms with van der Waals surface area (Å²) in [5.41, 5.74) is 4.35. The number of benzene rings is 2. The van der Waals surface area contributed by atoms with Gasteiger partial charge in [0, 0.05) is 5.71 Å². The molecule has 176 valence electrons. The van der Waals surface area contributed by atoms with Crippen LogP contribution in [0.5, 0.6) is 5.75 Å². The van der Waals surface area contributed by atoms with E-state index < -0.39 is 10.0 Å². The van der Waals surface area contributed by atoms with Crippen molar-refractivity contribution in [3.8, 4) is 5.75 Å². The Morgan fingerprint density at radius 1 is 1.15 bits per heavy atom. The summed E-state index contributed by atoms with van der Waals surface area (Å²) in [7, 11) is -2.11. The van der Waals surface area contributed by atoms with Crippen molar-refractivity contribution < 1.29 is 36.8 Å². The predicted octanol–water partition coefficient (Wildman–Crippen LogP) is 2.36. The van der Waals surface area contributed by atoms with E-state index in [2.05, 4.69) is 35.1 Å². The number of rotatable bonds is 4. The second-order valence-electron chi connectivity index (χ2n) is 9.86. The summed E-state index contributed by atoms with van der Waals surface area (Å²) < 4.78 is 37.0. The first kappa shape index (κ1) is 25.3. The molecule has 1 saturated carbocycles. The molecule has 5 rings (SSSR count). The van der Waals surface area contributed by atoms with Crippen LogP contribution in [0.4, 0.5) is 0 Å². The van der Waals surface area contributed by atoms with Gasteiger partial charge in [-0.05, 0) is 99.1 Å². The predicted molar refractivity (Wildman–Crippen MR) is 128 cm³/mol. The molecule has 0 amide bonds. The Bertz CT molecular complexity index is 1180. The maximum atomic E-state index is 12.6. The van der Waals surface area contributed by atoms with Gasteiger partial charge in [-0.2, -0.15) is 0 Å². The van der Waals surface area contributed by atoms with E-state index in [1.807, 2.05) is 6.92 Å². The third kappa shape index (κ3) is 4.68. The summed E-state index contributed by atoms with van der Waals surface area (Å²) in [4.78, 5) is 3.93. The van der Waals surface area contributed by atoms with Gasteiger partial charge in [-0.3, -0.25) is 0 Å². The molecule has 6 nitrogen and oxygen atoms in total. The molecule has 1 aliphatic heterocycles. The van der Waals surface area contributed by atoms with Gasteiger partial charge in [0.05, 0.1) is 24.2 Å². The van der Waals surface area contributed by atoms with Crippen molar-refractivity contribution in [2.75, 3.05) is 13.7 Å². The maximum Gasteiger partial charge on any atom is 1.00 e. The van der Waals surface area contributed by atoms with Crippen LogP contribution in [-0.2, 0) is 21.2 Å². The van der Waals surface area contributed by atoms with Gasteiger partial charge in [-0.1, -0.05) is 23.8 Å². The van der Waals surface area contributed by atoms with E-state index in [-0.39, 0.29) is 29.4 Å². The third-order valence-corrected chi connectivity index (χ3v) is 9.06. The molecule has 3 aliphatic rings. The van der Waals surface area contributed by atoms with Gasteiger partial charge in [0.2, 0.25) is 0 Å². The maximum absolute atomic E-state index is 12.6. The summed E-state index contributed by atoms with van der Waals surface area (Å²) in [5, 5.41) is 4.19. The number of sulfonamides is 1. The molecule has 2 aromatic rings. The minimum absolute atomic E-state index is 0. The van der Waals surface area contributed by atoms with Gasteiger partial charge >= 0.3 is 18.9 Å². The standard InChI is InChI=1S/C26H31N2O4S.Li/c1-17-4-8-21(9-5-17)33(29,30)28-27-19-15-25-24-10-6-18-14-20(31-3)7-11-22(18)23(24)12-13-26(25,2)32-16-19;/h4-5,7-9,11,14,23-25H,6,10,12-13,15-16H2,1-3H3;/q-1;+1/b27-19-;/t23?,24?,25-,26-;/m0./s1. The van der Waals surface area contributed by atoms with E-state index in [0.717, 1.165) is 43.4 Å². The molecule has 2 fully saturated rings. The summed E-state index contributed by atoms with van der Waals surface area (Å²) in [6.07, 6.45) is 4.96. The second kappa shape index (κ2) is 9.70. The Morgan fingerprint density at radius 2 is 1.91 bits per heavy atom. The van der Waals surface area contributed by atoms with Crippen molar-refractivity contribution in [2.24, 2.45) is 16.9 Å². The second-order valence-corrected chi connectivity index (χ2v) is 11.4. The first-order valence-corrected chi connectivity index (χ1v) is 13.1. The zero-order valence-electron chi connectivity index (χ0n) is 20.5. The number of methoxy groups -OCH3 is 1. The fraction of sp³-hybridized carbons (Fsp3) is 0.500. The molecule has 1 heterocycles. The molecule has 2 aliphatic carbocycles. The van der Waals surface area contributed by atoms with Crippen molar-refractivity contribution in [3.63, 3.8) is 0 Å². The van der Waals surface area contributed by atoms with Gasteiger partial charge < -0.3 is 19.4 Å². The van der Waals surface area contributed by atoms with E-state index in [9.17, 15) is 8.42 Å². The smallest absolute Gasteiger partial charge is 0.497 e. The Labute approximate surface area is 214 Å². The Hall–Kier alpha value is -1.78. The van der Waals surface area contributed by atoms with Gasteiger partial charge in [-0.15, -0.1) is 0 Å². The minimum atomic E-state index is -3.82. The average Bonchev–Trinajstić information content (AvgIpc) is 2.82. The first-order valence-electron chi connectivity index (χ1n) is 11.7. The van der Waals surface area contributed by atoms with Crippen LogP contribution in [0.3, 0.4) is 0 Å². The molecule has 0 bridgehead atoms. The van der Waals surface area contributed by atoms with Crippen molar-refractivity contribution >= 4 is 15.7 Å². The van der Waals surface area contributed by atoms with E-state index >= 15 is 0 Å². The van der Waals surface area contributed by atoms with Crippen LogP contribution in [0.1, 0.15) is 55.2 Å². The molecule has 1 saturated heterocycles. The van der Waals surface area contributed by atoms with Crippen LogP contribution < -0.4 is 23.6 Å². The average molecular weight is 475 g/mol. The molecule has 2 aromatic carbocycles. The van der Waals surface area contributed by atoms with Crippen LogP contribution in [0, 0.1) is 18.8 Å². The number of nitrogens with zero attached hydrogens (tertiary/aromatic N) is 2. The summed E-state index contributed by atoms with van der Waals surface area (Å²) >= 11 is 0. The molecule has 8 heteroatoms. The van der Waals surface area contributed by atoms with Gasteiger partial charge in [0.15, 0.2) is 0 Å². The SMILES string of the molecule is COc1ccc2c(c1)CCC1C2CC[C@]2(C)OC/C(=N\[N-]S(=O)(=O)c3ccc(C)cc3)C[C@@H]12.[Li+]. The minimum Gasteiger partial charge on any atom is -0.497 e. The monoisotopic (exact) mass is 474 g/mol. The number of fused-ring (bicyclic) bond motifs is 5. The molecular formula is C26H31LiN2O4S. The van der Waals surface area contributed by atoms with Crippen molar-refractivity contribution in [1.29, 1.82) is 0 Å². The van der Waals surface area contributed by atoms with Crippen LogP contribution in [0.15, 0.2) is 52.5 Å². The fourth-order valence-corrected chi connectivity index (χ4v) is 6.82. The molecule has 0 radical (unpaired) electrons. The zero-order valence-corrected chi connectivity index (χ0v) is 21.3. The molecule has 2 unspecified atom stereocenters. The van der Waals surface area contributed by atoms with Crippen molar-refractivity contribution in [2.45, 2.75) is 62.4 Å². The molecular weight excluding hydrogens is 443 g/mol. The van der Waals surface area contributed by atoms with Crippen molar-refractivity contribution in [1.82, 2.24) is 0 Å². The van der Waals surface area contributed by atoms with Gasteiger partial charge in [0.25, 0.3) is 0 Å². The molecule has 4 atom stereocenters. The number of hydrogen-bond donors (Lipinski definition) is 0. The molecule has 0 N–H and O–H groups in total. The third-order valence-electron chi connectivity index (χ3n) is 7.90. The largest absolute Gasteiger partial charge is 1.00 e. The summed E-state index contributed by atoms with van der Waals surface area (Å²) in [6, 6.07) is 13.2. The van der Waals surface area contributed by atoms with E-state index in [1.54, 1.807) is 31.4 Å². The van der Waals surface area contributed by atoms with E-state index in [1.165, 1.54) is 11.1 Å². The zero-order chi connectivity index (χ0) is 23.2. The van der Waals surface area contributed by atoms with Crippen LogP contribution in [0.2, 0.25) is 0 Å². The van der Waals surface area contributed by atoms with Gasteiger partial charge in [0.1, 0.15) is 15.8 Å². The number of aryl methyl sites for hydroxylation is 2. The molecule has 0 spiro atoms. The van der Waals surface area contributed by atoms with Gasteiger partial charge in [-0.25, -0.2) is 8.42 Å². The Balaban J connectivity index is 0.00000274. The van der Waals surface area contributed by atoms with Crippen molar-refractivity contribution in [3.05, 3.63) is 64.0 Å². The van der Waals surface area contributed by atoms with Crippen LogP contribution in [-0.4, -0.2) is 33.4 Å². The fourth-order valence-electron chi connectivity index (χ4n) is 6.02. The van der Waals surface area contributed by atoms with Crippen LogP contribution >= 0.6 is 0 Å². The Kier molecular flexibility index (Phi) is 7.22. The molecule has 0 aromatic heterocycles. The summed E-state index contributed by atoms with van der Waals surface area (Å²) in [5.74, 6) is 2.20. The van der Waals surface area contributed by atoms with Crippen LogP contribution in [0.25, 0.3) is 4.83 Å². The van der Waals surface area contributed by atoms with E-state index in [0.29, 0.717) is 30.1 Å². The Morgan fingerprint density at radius 3 is 2.65 bits per heavy atom. The summed E-state index contributed by atoms with van der Waals surface area (Å²) in [6.45, 7) is 4.47. The molecule has 34 heavy (non-hydrogen) atoms. The quantitative estimate of drug-likeness (QED) is 0.504. The number of hydrogen-bond acceptors (Lipinski definition) is 5.